The highest BCUT2D eigenvalue weighted by molar-refractivity contribution is 6.01. The Morgan fingerprint density at radius 2 is 1.80 bits per heavy atom. The van der Waals surface area contributed by atoms with Crippen LogP contribution in [0, 0.1) is 5.92 Å². The maximum atomic E-state index is 13.2. The van der Waals surface area contributed by atoms with Crippen LogP contribution in [0.25, 0.3) is 0 Å². The second-order valence-electron chi connectivity index (χ2n) is 7.69. The predicted octanol–water partition coefficient (Wildman–Crippen LogP) is 4.42. The van der Waals surface area contributed by atoms with Gasteiger partial charge in [0.25, 0.3) is 0 Å². The Morgan fingerprint density at radius 3 is 2.50 bits per heavy atom. The Labute approximate surface area is 178 Å². The zero-order valence-corrected chi connectivity index (χ0v) is 18.0. The number of ether oxygens (including phenoxy) is 2. The number of para-hydroxylation sites is 1. The molecule has 0 radical (unpaired) electrons. The predicted molar refractivity (Wildman–Crippen MR) is 117 cm³/mol. The van der Waals surface area contributed by atoms with Crippen molar-refractivity contribution in [1.29, 1.82) is 0 Å². The van der Waals surface area contributed by atoms with Gasteiger partial charge in [-0.05, 0) is 49.1 Å². The molecule has 30 heavy (non-hydrogen) atoms. The molecule has 0 fully saturated rings. The van der Waals surface area contributed by atoms with Crippen molar-refractivity contribution in [2.45, 2.75) is 46.1 Å². The summed E-state index contributed by atoms with van der Waals surface area (Å²) in [4.78, 5) is 25.4. The molecule has 0 saturated heterocycles. The zero-order chi connectivity index (χ0) is 21.7. The molecule has 0 bridgehead atoms. The molecule has 0 aromatic heterocycles. The van der Waals surface area contributed by atoms with Crippen molar-refractivity contribution in [2.24, 2.45) is 5.92 Å². The van der Waals surface area contributed by atoms with Gasteiger partial charge in [0.1, 0.15) is 0 Å². The highest BCUT2D eigenvalue weighted by Gasteiger charge is 2.32. The van der Waals surface area contributed by atoms with Crippen LogP contribution in [0.4, 0.5) is 5.69 Å². The first kappa shape index (κ1) is 21.7. The minimum absolute atomic E-state index is 0.140. The van der Waals surface area contributed by atoms with Gasteiger partial charge in [0, 0.05) is 12.1 Å². The topological polar surface area (TPSA) is 76.7 Å². The van der Waals surface area contributed by atoms with Crippen LogP contribution in [-0.2, 0) is 9.59 Å². The molecule has 1 aliphatic rings. The van der Waals surface area contributed by atoms with E-state index in [9.17, 15) is 9.59 Å². The van der Waals surface area contributed by atoms with Crippen molar-refractivity contribution < 1.29 is 19.1 Å². The summed E-state index contributed by atoms with van der Waals surface area (Å²) in [6.45, 7) is 9.05. The van der Waals surface area contributed by atoms with Crippen molar-refractivity contribution in [3.8, 4) is 11.5 Å². The Balaban J connectivity index is 1.87. The Kier molecular flexibility index (Phi) is 6.98. The van der Waals surface area contributed by atoms with Gasteiger partial charge < -0.3 is 20.1 Å². The van der Waals surface area contributed by atoms with E-state index in [4.69, 9.17) is 9.47 Å². The van der Waals surface area contributed by atoms with Gasteiger partial charge in [-0.2, -0.15) is 0 Å². The Morgan fingerprint density at radius 1 is 1.10 bits per heavy atom. The molecule has 2 aromatic carbocycles. The third-order valence-electron chi connectivity index (χ3n) is 5.21. The third kappa shape index (κ3) is 4.75. The molecule has 1 heterocycles. The zero-order valence-electron chi connectivity index (χ0n) is 18.0. The first-order valence-electron chi connectivity index (χ1n) is 10.5. The fourth-order valence-corrected chi connectivity index (χ4v) is 3.80. The summed E-state index contributed by atoms with van der Waals surface area (Å²) in [5, 5.41) is 6.01. The minimum atomic E-state index is -0.509. The number of carbonyl (C=O) groups excluding carboxylic acids is 2. The molecular weight excluding hydrogens is 380 g/mol. The molecule has 2 aromatic rings. The number of fused-ring (bicyclic) bond motifs is 1. The number of carbonyl (C=O) groups is 2. The molecule has 0 aliphatic carbocycles. The normalized spacial score (nSPS) is 16.4. The second kappa shape index (κ2) is 9.65. The number of amides is 2. The number of benzene rings is 2. The molecule has 2 N–H and O–H groups in total. The SMILES string of the molecule is CCOc1ccc(C(NC(=O)C2CC(=O)Nc3ccccc32)C(C)C)cc1OCC. The van der Waals surface area contributed by atoms with E-state index >= 15 is 0 Å². The number of hydrogen-bond donors (Lipinski definition) is 2. The number of hydrogen-bond acceptors (Lipinski definition) is 4. The fraction of sp³-hybridized carbons (Fsp3) is 0.417. The number of anilines is 1. The minimum Gasteiger partial charge on any atom is -0.490 e. The van der Waals surface area contributed by atoms with Gasteiger partial charge >= 0.3 is 0 Å². The van der Waals surface area contributed by atoms with Crippen LogP contribution >= 0.6 is 0 Å². The van der Waals surface area contributed by atoms with Crippen LogP contribution in [-0.4, -0.2) is 25.0 Å². The summed E-state index contributed by atoms with van der Waals surface area (Å²) >= 11 is 0. The smallest absolute Gasteiger partial charge is 0.228 e. The highest BCUT2D eigenvalue weighted by Crippen LogP contribution is 2.35. The van der Waals surface area contributed by atoms with Crippen LogP contribution in [0.2, 0.25) is 0 Å². The molecule has 2 amide bonds. The molecule has 2 atom stereocenters. The summed E-state index contributed by atoms with van der Waals surface area (Å²) in [7, 11) is 0. The standard InChI is InChI=1S/C24H30N2O4/c1-5-29-20-12-11-16(13-21(20)30-6-2)23(15(3)4)26-24(28)18-14-22(27)25-19-10-8-7-9-17(18)19/h7-13,15,18,23H,5-6,14H2,1-4H3,(H,25,27)(H,26,28). The summed E-state index contributed by atoms with van der Waals surface area (Å²) in [6, 6.07) is 13.0. The number of nitrogens with one attached hydrogen (secondary N) is 2. The van der Waals surface area contributed by atoms with Gasteiger partial charge in [0.2, 0.25) is 11.8 Å². The van der Waals surface area contributed by atoms with Gasteiger partial charge in [-0.3, -0.25) is 9.59 Å². The number of rotatable bonds is 8. The summed E-state index contributed by atoms with van der Waals surface area (Å²) in [5.41, 5.74) is 2.49. The lowest BCUT2D eigenvalue weighted by atomic mass is 9.88. The van der Waals surface area contributed by atoms with E-state index in [0.29, 0.717) is 30.4 Å². The maximum Gasteiger partial charge on any atom is 0.228 e. The van der Waals surface area contributed by atoms with Gasteiger partial charge in [-0.1, -0.05) is 38.1 Å². The molecule has 2 unspecified atom stereocenters. The van der Waals surface area contributed by atoms with E-state index in [1.165, 1.54) is 0 Å². The average Bonchev–Trinajstić information content (AvgIpc) is 2.72. The van der Waals surface area contributed by atoms with Crippen molar-refractivity contribution in [2.75, 3.05) is 18.5 Å². The van der Waals surface area contributed by atoms with E-state index in [1.807, 2.05) is 56.3 Å². The van der Waals surface area contributed by atoms with Crippen LogP contribution in [0.15, 0.2) is 42.5 Å². The summed E-state index contributed by atoms with van der Waals surface area (Å²) < 4.78 is 11.4. The molecule has 0 saturated carbocycles. The molecule has 0 spiro atoms. The third-order valence-corrected chi connectivity index (χ3v) is 5.21. The van der Waals surface area contributed by atoms with Crippen molar-refractivity contribution in [3.05, 3.63) is 53.6 Å². The lowest BCUT2D eigenvalue weighted by Crippen LogP contribution is -2.38. The first-order valence-corrected chi connectivity index (χ1v) is 10.5. The van der Waals surface area contributed by atoms with E-state index in [2.05, 4.69) is 24.5 Å². The largest absolute Gasteiger partial charge is 0.490 e. The van der Waals surface area contributed by atoms with Crippen LogP contribution in [0.5, 0.6) is 11.5 Å². The van der Waals surface area contributed by atoms with E-state index in [0.717, 1.165) is 11.1 Å². The van der Waals surface area contributed by atoms with Crippen LogP contribution < -0.4 is 20.1 Å². The summed E-state index contributed by atoms with van der Waals surface area (Å²) in [6.07, 6.45) is 0.140. The molecule has 3 rings (SSSR count). The van der Waals surface area contributed by atoms with Gasteiger partial charge in [-0.25, -0.2) is 0 Å². The van der Waals surface area contributed by atoms with Crippen molar-refractivity contribution in [3.63, 3.8) is 0 Å². The summed E-state index contributed by atoms with van der Waals surface area (Å²) in [5.74, 6) is 0.700. The quantitative estimate of drug-likeness (QED) is 0.675. The Bertz CT molecular complexity index is 910. The van der Waals surface area contributed by atoms with E-state index in [-0.39, 0.29) is 30.2 Å². The molecule has 6 heteroatoms. The van der Waals surface area contributed by atoms with E-state index < -0.39 is 5.92 Å². The van der Waals surface area contributed by atoms with E-state index in [1.54, 1.807) is 0 Å². The lowest BCUT2D eigenvalue weighted by Gasteiger charge is -2.29. The Hall–Kier alpha value is -3.02. The van der Waals surface area contributed by atoms with Crippen LogP contribution in [0.3, 0.4) is 0 Å². The molecule has 6 nitrogen and oxygen atoms in total. The lowest BCUT2D eigenvalue weighted by molar-refractivity contribution is -0.127. The molecule has 160 valence electrons. The fourth-order valence-electron chi connectivity index (χ4n) is 3.80. The van der Waals surface area contributed by atoms with Gasteiger partial charge in [0.05, 0.1) is 25.2 Å². The van der Waals surface area contributed by atoms with Crippen molar-refractivity contribution in [1.82, 2.24) is 5.32 Å². The molecular formula is C24H30N2O4. The second-order valence-corrected chi connectivity index (χ2v) is 7.69. The monoisotopic (exact) mass is 410 g/mol. The van der Waals surface area contributed by atoms with Gasteiger partial charge in [-0.15, -0.1) is 0 Å². The average molecular weight is 411 g/mol. The highest BCUT2D eigenvalue weighted by atomic mass is 16.5. The van der Waals surface area contributed by atoms with Crippen LogP contribution in [0.1, 0.15) is 57.2 Å². The van der Waals surface area contributed by atoms with Crippen molar-refractivity contribution >= 4 is 17.5 Å². The van der Waals surface area contributed by atoms with Gasteiger partial charge in [0.15, 0.2) is 11.5 Å². The molecule has 1 aliphatic heterocycles. The maximum absolute atomic E-state index is 13.2. The first-order chi connectivity index (χ1) is 14.4.